The van der Waals surface area contributed by atoms with Crippen LogP contribution in [0.15, 0.2) is 40.9 Å². The van der Waals surface area contributed by atoms with Gasteiger partial charge in [0.15, 0.2) is 0 Å². The smallest absolute Gasteiger partial charge is 0.0429 e. The van der Waals surface area contributed by atoms with Crippen LogP contribution < -0.4 is 0 Å². The van der Waals surface area contributed by atoms with Crippen LogP contribution in [0.1, 0.15) is 17.5 Å². The van der Waals surface area contributed by atoms with E-state index in [9.17, 15) is 0 Å². The van der Waals surface area contributed by atoms with Gasteiger partial charge in [-0.15, -0.1) is 0 Å². The van der Waals surface area contributed by atoms with Crippen molar-refractivity contribution in [2.75, 3.05) is 6.54 Å². The van der Waals surface area contributed by atoms with Crippen LogP contribution in [0.5, 0.6) is 0 Å². The molecule has 14 heavy (non-hydrogen) atoms. The van der Waals surface area contributed by atoms with Gasteiger partial charge in [-0.2, -0.15) is 0 Å². The molecule has 0 radical (unpaired) electrons. The lowest BCUT2D eigenvalue weighted by Crippen LogP contribution is -1.84. The van der Waals surface area contributed by atoms with Crippen molar-refractivity contribution >= 4 is 17.9 Å². The van der Waals surface area contributed by atoms with Crippen molar-refractivity contribution in [3.8, 4) is 0 Å². The fraction of sp³-hybridized carbons (Fsp3) is 0.154. The molecule has 1 aromatic carbocycles. The predicted octanol–water partition coefficient (Wildman–Crippen LogP) is 2.94. The Kier molecular flexibility index (Phi) is 1.63. The Morgan fingerprint density at radius 1 is 1.14 bits per heavy atom. The standard InChI is InChI=1S/C13H11N/c1-2-4-12-10(3-1)9-11-5-7-14-8-6-13(11)12/h1-4,6,8-9H,5,7H2. The normalized spacial score (nSPS) is 18.0. The van der Waals surface area contributed by atoms with Crippen LogP contribution in [0, 0.1) is 0 Å². The van der Waals surface area contributed by atoms with E-state index < -0.39 is 0 Å². The van der Waals surface area contributed by atoms with E-state index in [0.717, 1.165) is 13.0 Å². The maximum absolute atomic E-state index is 4.28. The number of nitrogens with zero attached hydrogens (tertiary/aromatic N) is 1. The maximum Gasteiger partial charge on any atom is 0.0429 e. The zero-order chi connectivity index (χ0) is 9.38. The van der Waals surface area contributed by atoms with Gasteiger partial charge in [-0.05, 0) is 34.8 Å². The molecule has 1 aliphatic carbocycles. The summed E-state index contributed by atoms with van der Waals surface area (Å²) in [5.41, 5.74) is 5.51. The molecule has 1 heteroatoms. The Labute approximate surface area is 83.5 Å². The van der Waals surface area contributed by atoms with Crippen LogP contribution in [0.3, 0.4) is 0 Å². The predicted molar refractivity (Wildman–Crippen MR) is 60.4 cm³/mol. The molecular weight excluding hydrogens is 170 g/mol. The Hall–Kier alpha value is -1.63. The van der Waals surface area contributed by atoms with E-state index in [-0.39, 0.29) is 0 Å². The van der Waals surface area contributed by atoms with Gasteiger partial charge in [0.2, 0.25) is 0 Å². The molecule has 0 aromatic heterocycles. The van der Waals surface area contributed by atoms with E-state index in [4.69, 9.17) is 0 Å². The van der Waals surface area contributed by atoms with Crippen LogP contribution in [0.2, 0.25) is 0 Å². The van der Waals surface area contributed by atoms with Gasteiger partial charge in [-0.3, -0.25) is 4.99 Å². The molecule has 2 aliphatic rings. The van der Waals surface area contributed by atoms with Crippen molar-refractivity contribution in [3.63, 3.8) is 0 Å². The molecule has 1 nitrogen and oxygen atoms in total. The summed E-state index contributed by atoms with van der Waals surface area (Å²) in [7, 11) is 0. The summed E-state index contributed by atoms with van der Waals surface area (Å²) in [5, 5.41) is 0. The second-order valence-electron chi connectivity index (χ2n) is 3.64. The van der Waals surface area contributed by atoms with Gasteiger partial charge in [0.25, 0.3) is 0 Å². The molecule has 0 saturated carbocycles. The molecule has 1 heterocycles. The van der Waals surface area contributed by atoms with E-state index in [1.807, 2.05) is 6.21 Å². The van der Waals surface area contributed by atoms with Crippen molar-refractivity contribution in [2.45, 2.75) is 6.42 Å². The third kappa shape index (κ3) is 1.06. The summed E-state index contributed by atoms with van der Waals surface area (Å²) in [4.78, 5) is 4.28. The Balaban J connectivity index is 2.20. The van der Waals surface area contributed by atoms with Gasteiger partial charge in [0.1, 0.15) is 0 Å². The highest BCUT2D eigenvalue weighted by Gasteiger charge is 2.17. The number of rotatable bonds is 0. The third-order valence-corrected chi connectivity index (χ3v) is 2.78. The van der Waals surface area contributed by atoms with Gasteiger partial charge in [-0.1, -0.05) is 30.3 Å². The molecule has 0 saturated heterocycles. The third-order valence-electron chi connectivity index (χ3n) is 2.78. The van der Waals surface area contributed by atoms with Crippen LogP contribution in [0.4, 0.5) is 0 Å². The van der Waals surface area contributed by atoms with Gasteiger partial charge >= 0.3 is 0 Å². The molecule has 68 valence electrons. The van der Waals surface area contributed by atoms with E-state index >= 15 is 0 Å². The van der Waals surface area contributed by atoms with E-state index in [1.54, 1.807) is 0 Å². The van der Waals surface area contributed by atoms with Crippen molar-refractivity contribution in [3.05, 3.63) is 47.0 Å². The molecular formula is C13H11N. The Morgan fingerprint density at radius 3 is 3.07 bits per heavy atom. The van der Waals surface area contributed by atoms with Gasteiger partial charge in [0.05, 0.1) is 0 Å². The van der Waals surface area contributed by atoms with Gasteiger partial charge in [0, 0.05) is 12.8 Å². The lowest BCUT2D eigenvalue weighted by Gasteiger charge is -2.02. The molecule has 0 spiro atoms. The molecule has 0 N–H and O–H groups in total. The minimum atomic E-state index is 0.916. The highest BCUT2D eigenvalue weighted by molar-refractivity contribution is 6.00. The summed E-state index contributed by atoms with van der Waals surface area (Å²) in [6.45, 7) is 0.916. The van der Waals surface area contributed by atoms with E-state index in [0.29, 0.717) is 0 Å². The number of aliphatic imine (C=N–C) groups is 1. The molecule has 0 fully saturated rings. The molecule has 0 unspecified atom stereocenters. The number of fused-ring (bicyclic) bond motifs is 3. The Bertz CT molecular complexity index is 464. The quantitative estimate of drug-likeness (QED) is 0.583. The van der Waals surface area contributed by atoms with Crippen LogP contribution in [-0.4, -0.2) is 12.8 Å². The SMILES string of the molecule is C1=NCCC2=Cc3ccccc3C2=C1. The molecule has 3 rings (SSSR count). The first kappa shape index (κ1) is 7.74. The largest absolute Gasteiger partial charge is 0.293 e. The van der Waals surface area contributed by atoms with Gasteiger partial charge < -0.3 is 0 Å². The average molecular weight is 181 g/mol. The van der Waals surface area contributed by atoms with Crippen molar-refractivity contribution < 1.29 is 0 Å². The Morgan fingerprint density at radius 2 is 2.07 bits per heavy atom. The summed E-state index contributed by atoms with van der Waals surface area (Å²) < 4.78 is 0. The first-order valence-electron chi connectivity index (χ1n) is 4.95. The van der Waals surface area contributed by atoms with Gasteiger partial charge in [-0.25, -0.2) is 0 Å². The van der Waals surface area contributed by atoms with Crippen molar-refractivity contribution in [2.24, 2.45) is 4.99 Å². The minimum absolute atomic E-state index is 0.916. The lowest BCUT2D eigenvalue weighted by molar-refractivity contribution is 0.997. The van der Waals surface area contributed by atoms with Crippen LogP contribution in [0.25, 0.3) is 11.6 Å². The van der Waals surface area contributed by atoms with Crippen LogP contribution >= 0.6 is 0 Å². The lowest BCUT2D eigenvalue weighted by atomic mass is 10.0. The maximum atomic E-state index is 4.28. The zero-order valence-electron chi connectivity index (χ0n) is 7.90. The zero-order valence-corrected chi connectivity index (χ0v) is 7.90. The number of benzene rings is 1. The highest BCUT2D eigenvalue weighted by atomic mass is 14.7. The highest BCUT2D eigenvalue weighted by Crippen LogP contribution is 2.37. The molecule has 1 aromatic rings. The molecule has 0 atom stereocenters. The summed E-state index contributed by atoms with van der Waals surface area (Å²) in [5.74, 6) is 0. The number of hydrogen-bond acceptors (Lipinski definition) is 1. The summed E-state index contributed by atoms with van der Waals surface area (Å²) in [6, 6.07) is 8.55. The van der Waals surface area contributed by atoms with E-state index in [2.05, 4.69) is 41.4 Å². The fourth-order valence-corrected chi connectivity index (χ4v) is 2.10. The average Bonchev–Trinajstić information content (AvgIpc) is 2.42. The second-order valence-corrected chi connectivity index (χ2v) is 3.64. The second kappa shape index (κ2) is 2.95. The first-order chi connectivity index (χ1) is 6.95. The van der Waals surface area contributed by atoms with Crippen LogP contribution in [-0.2, 0) is 0 Å². The van der Waals surface area contributed by atoms with E-state index in [1.165, 1.54) is 22.3 Å². The molecule has 1 aliphatic heterocycles. The fourth-order valence-electron chi connectivity index (χ4n) is 2.10. The molecule has 0 bridgehead atoms. The summed E-state index contributed by atoms with van der Waals surface area (Å²) in [6.07, 6.45) is 7.41. The minimum Gasteiger partial charge on any atom is -0.293 e. The molecule has 0 amide bonds. The van der Waals surface area contributed by atoms with Crippen molar-refractivity contribution in [1.82, 2.24) is 0 Å². The number of allylic oxidation sites excluding steroid dienone is 2. The monoisotopic (exact) mass is 181 g/mol. The van der Waals surface area contributed by atoms with Crippen molar-refractivity contribution in [1.29, 1.82) is 0 Å². The topological polar surface area (TPSA) is 12.4 Å². The number of hydrogen-bond donors (Lipinski definition) is 0. The first-order valence-corrected chi connectivity index (χ1v) is 4.95. The summed E-state index contributed by atoms with van der Waals surface area (Å²) >= 11 is 0.